The fraction of sp³-hybridized carbons (Fsp3) is 0.174. The van der Waals surface area contributed by atoms with Crippen LogP contribution >= 0.6 is 22.6 Å². The van der Waals surface area contributed by atoms with E-state index in [1.54, 1.807) is 24.4 Å². The van der Waals surface area contributed by atoms with Crippen molar-refractivity contribution in [2.45, 2.75) is 25.7 Å². The highest BCUT2D eigenvalue weighted by atomic mass is 127. The van der Waals surface area contributed by atoms with Gasteiger partial charge in [-0.05, 0) is 84.8 Å². The number of rotatable bonds is 7. The van der Waals surface area contributed by atoms with Crippen LogP contribution in [0, 0.1) is 17.4 Å². The van der Waals surface area contributed by atoms with Crippen LogP contribution < -0.4 is 8.92 Å². The zero-order valence-corrected chi connectivity index (χ0v) is 19.9. The Kier molecular flexibility index (Phi) is 7.14. The highest BCUT2D eigenvalue weighted by molar-refractivity contribution is 14.1. The average molecular weight is 535 g/mol. The molecule has 0 saturated heterocycles. The number of aliphatic imine (C=N–C) groups is 1. The molecular formula is C23H22INO4S. The minimum absolute atomic E-state index is 0.0940. The van der Waals surface area contributed by atoms with Gasteiger partial charge in [-0.3, -0.25) is 4.99 Å². The van der Waals surface area contributed by atoms with E-state index in [-0.39, 0.29) is 10.6 Å². The van der Waals surface area contributed by atoms with Gasteiger partial charge in [0.15, 0.2) is 11.5 Å². The monoisotopic (exact) mass is 535 g/mol. The van der Waals surface area contributed by atoms with Crippen LogP contribution in [0.1, 0.15) is 23.6 Å². The van der Waals surface area contributed by atoms with E-state index in [1.165, 1.54) is 12.1 Å². The Hall–Kier alpha value is -2.39. The Morgan fingerprint density at radius 2 is 1.73 bits per heavy atom. The molecule has 30 heavy (non-hydrogen) atoms. The SMILES string of the molecule is CCOc1cc(C=Nc2ccccc2C)cc(I)c1OS(=O)(=O)c1ccc(C)cc1. The van der Waals surface area contributed by atoms with Gasteiger partial charge in [-0.15, -0.1) is 0 Å². The number of aryl methyl sites for hydroxylation is 2. The van der Waals surface area contributed by atoms with E-state index in [0.29, 0.717) is 15.9 Å². The second-order valence-electron chi connectivity index (χ2n) is 6.66. The summed E-state index contributed by atoms with van der Waals surface area (Å²) in [5.41, 5.74) is 3.69. The van der Waals surface area contributed by atoms with E-state index < -0.39 is 10.1 Å². The molecule has 0 amide bonds. The lowest BCUT2D eigenvalue weighted by atomic mass is 10.2. The molecule has 3 rings (SSSR count). The second kappa shape index (κ2) is 9.61. The lowest BCUT2D eigenvalue weighted by Crippen LogP contribution is -2.12. The quantitative estimate of drug-likeness (QED) is 0.217. The zero-order chi connectivity index (χ0) is 21.7. The van der Waals surface area contributed by atoms with Crippen LogP contribution in [0.4, 0.5) is 5.69 Å². The number of halogens is 1. The predicted octanol–water partition coefficient (Wildman–Crippen LogP) is 5.83. The summed E-state index contributed by atoms with van der Waals surface area (Å²) < 4.78 is 37.3. The van der Waals surface area contributed by atoms with Crippen molar-refractivity contribution in [2.75, 3.05) is 6.61 Å². The average Bonchev–Trinajstić information content (AvgIpc) is 2.70. The first-order chi connectivity index (χ1) is 14.3. The van der Waals surface area contributed by atoms with E-state index in [4.69, 9.17) is 8.92 Å². The lowest BCUT2D eigenvalue weighted by Gasteiger charge is -2.14. The van der Waals surface area contributed by atoms with Gasteiger partial charge in [0.25, 0.3) is 0 Å². The van der Waals surface area contributed by atoms with E-state index in [9.17, 15) is 8.42 Å². The number of nitrogens with zero attached hydrogens (tertiary/aromatic N) is 1. The third-order valence-electron chi connectivity index (χ3n) is 4.30. The van der Waals surface area contributed by atoms with Gasteiger partial charge in [-0.1, -0.05) is 35.9 Å². The molecule has 0 atom stereocenters. The zero-order valence-electron chi connectivity index (χ0n) is 16.9. The summed E-state index contributed by atoms with van der Waals surface area (Å²) in [7, 11) is -3.99. The third-order valence-corrected chi connectivity index (χ3v) is 6.34. The van der Waals surface area contributed by atoms with Gasteiger partial charge < -0.3 is 8.92 Å². The minimum Gasteiger partial charge on any atom is -0.490 e. The molecule has 0 radical (unpaired) electrons. The summed E-state index contributed by atoms with van der Waals surface area (Å²) in [6.45, 7) is 6.09. The Bertz CT molecular complexity index is 1170. The molecule has 5 nitrogen and oxygen atoms in total. The van der Waals surface area contributed by atoms with Crippen molar-refractivity contribution >= 4 is 44.6 Å². The van der Waals surface area contributed by atoms with Crippen molar-refractivity contribution < 1.29 is 17.3 Å². The number of ether oxygens (including phenoxy) is 1. The highest BCUT2D eigenvalue weighted by Gasteiger charge is 2.22. The smallest absolute Gasteiger partial charge is 0.339 e. The fourth-order valence-electron chi connectivity index (χ4n) is 2.72. The molecule has 3 aromatic carbocycles. The van der Waals surface area contributed by atoms with Crippen LogP contribution in [0.15, 0.2) is 70.6 Å². The van der Waals surface area contributed by atoms with Gasteiger partial charge >= 0.3 is 10.1 Å². The standard InChI is InChI=1S/C23H22INO4S/c1-4-28-22-14-18(15-25-21-8-6-5-7-17(21)3)13-20(24)23(22)29-30(26,27)19-11-9-16(2)10-12-19/h5-15H,4H2,1-3H3. The van der Waals surface area contributed by atoms with Crippen molar-refractivity contribution in [3.63, 3.8) is 0 Å². The summed E-state index contributed by atoms with van der Waals surface area (Å²) in [6, 6.07) is 17.9. The predicted molar refractivity (Wildman–Crippen MR) is 128 cm³/mol. The van der Waals surface area contributed by atoms with Crippen LogP contribution in [-0.2, 0) is 10.1 Å². The lowest BCUT2D eigenvalue weighted by molar-refractivity contribution is 0.327. The molecule has 7 heteroatoms. The molecule has 0 unspecified atom stereocenters. The number of hydrogen-bond acceptors (Lipinski definition) is 5. The van der Waals surface area contributed by atoms with E-state index in [0.717, 1.165) is 22.4 Å². The molecule has 0 heterocycles. The van der Waals surface area contributed by atoms with Crippen molar-refractivity contribution in [1.29, 1.82) is 0 Å². The first-order valence-electron chi connectivity index (χ1n) is 9.37. The van der Waals surface area contributed by atoms with Crippen LogP contribution in [0.5, 0.6) is 11.5 Å². The summed E-state index contributed by atoms with van der Waals surface area (Å²) in [5, 5.41) is 0. The Labute approximate surface area is 191 Å². The Morgan fingerprint density at radius 1 is 1.03 bits per heavy atom. The minimum atomic E-state index is -3.99. The van der Waals surface area contributed by atoms with Crippen molar-refractivity contribution in [3.8, 4) is 11.5 Å². The summed E-state index contributed by atoms with van der Waals surface area (Å²) in [4.78, 5) is 4.63. The Balaban J connectivity index is 1.95. The number of para-hydroxylation sites is 1. The molecule has 0 aliphatic rings. The molecule has 3 aromatic rings. The van der Waals surface area contributed by atoms with E-state index in [1.807, 2.05) is 73.7 Å². The molecule has 0 aliphatic heterocycles. The van der Waals surface area contributed by atoms with Gasteiger partial charge in [0.05, 0.1) is 15.9 Å². The van der Waals surface area contributed by atoms with Gasteiger partial charge in [-0.25, -0.2) is 0 Å². The molecule has 0 aromatic heterocycles. The molecule has 156 valence electrons. The van der Waals surface area contributed by atoms with Crippen molar-refractivity contribution in [2.24, 2.45) is 4.99 Å². The first kappa shape index (κ1) is 22.3. The van der Waals surface area contributed by atoms with Crippen LogP contribution in [-0.4, -0.2) is 21.2 Å². The maximum Gasteiger partial charge on any atom is 0.339 e. The van der Waals surface area contributed by atoms with Crippen LogP contribution in [0.25, 0.3) is 0 Å². The van der Waals surface area contributed by atoms with Gasteiger partial charge in [0.1, 0.15) is 4.90 Å². The molecule has 0 aliphatic carbocycles. The summed E-state index contributed by atoms with van der Waals surface area (Å²) in [5.74, 6) is 0.525. The fourth-order valence-corrected chi connectivity index (χ4v) is 4.56. The van der Waals surface area contributed by atoms with Crippen LogP contribution in [0.3, 0.4) is 0 Å². The molecular weight excluding hydrogens is 513 g/mol. The Morgan fingerprint density at radius 3 is 2.40 bits per heavy atom. The van der Waals surface area contributed by atoms with Gasteiger partial charge in [-0.2, -0.15) is 8.42 Å². The topological polar surface area (TPSA) is 65.0 Å². The summed E-state index contributed by atoms with van der Waals surface area (Å²) >= 11 is 2.05. The van der Waals surface area contributed by atoms with Crippen molar-refractivity contribution in [3.05, 3.63) is 80.9 Å². The molecule has 0 saturated carbocycles. The maximum absolute atomic E-state index is 12.7. The molecule has 0 N–H and O–H groups in total. The molecule has 0 bridgehead atoms. The van der Waals surface area contributed by atoms with Crippen molar-refractivity contribution in [1.82, 2.24) is 0 Å². The first-order valence-corrected chi connectivity index (χ1v) is 11.9. The van der Waals surface area contributed by atoms with Crippen LogP contribution in [0.2, 0.25) is 0 Å². The highest BCUT2D eigenvalue weighted by Crippen LogP contribution is 2.36. The van der Waals surface area contributed by atoms with E-state index in [2.05, 4.69) is 4.99 Å². The largest absolute Gasteiger partial charge is 0.490 e. The number of hydrogen-bond donors (Lipinski definition) is 0. The maximum atomic E-state index is 12.7. The third kappa shape index (κ3) is 5.40. The second-order valence-corrected chi connectivity index (χ2v) is 9.37. The molecule has 0 fully saturated rings. The molecule has 0 spiro atoms. The normalized spacial score (nSPS) is 11.6. The number of benzene rings is 3. The van der Waals surface area contributed by atoms with Gasteiger partial charge in [0, 0.05) is 6.21 Å². The summed E-state index contributed by atoms with van der Waals surface area (Å²) in [6.07, 6.45) is 1.73. The van der Waals surface area contributed by atoms with Gasteiger partial charge in [0.2, 0.25) is 0 Å². The van der Waals surface area contributed by atoms with E-state index >= 15 is 0 Å².